The molecule has 2 aromatic heterocycles. The molecule has 0 aliphatic rings. The lowest BCUT2D eigenvalue weighted by molar-refractivity contribution is -0.116. The van der Waals surface area contributed by atoms with Crippen molar-refractivity contribution in [1.82, 2.24) is 9.97 Å². The molecule has 1 amide bonds. The van der Waals surface area contributed by atoms with Crippen LogP contribution in [0.3, 0.4) is 0 Å². The van der Waals surface area contributed by atoms with Gasteiger partial charge in [-0.05, 0) is 49.6 Å². The van der Waals surface area contributed by atoms with Gasteiger partial charge in [-0.2, -0.15) is 0 Å². The van der Waals surface area contributed by atoms with Crippen LogP contribution < -0.4 is 5.32 Å². The Morgan fingerprint density at radius 2 is 1.88 bits per heavy atom. The van der Waals surface area contributed by atoms with Gasteiger partial charge in [-0.15, -0.1) is 0 Å². The monoisotopic (exact) mass is 343 g/mol. The van der Waals surface area contributed by atoms with Crippen LogP contribution in [0.4, 0.5) is 5.69 Å². The van der Waals surface area contributed by atoms with Gasteiger partial charge in [0.2, 0.25) is 5.91 Å². The van der Waals surface area contributed by atoms with Crippen molar-refractivity contribution in [2.75, 3.05) is 5.32 Å². The SMILES string of the molecule is Cc1cccc(NC(=O)CCc2cc3c(cn2)[nH]c2ccccc23)c1C. The van der Waals surface area contributed by atoms with Crippen LogP contribution >= 0.6 is 0 Å². The lowest BCUT2D eigenvalue weighted by atomic mass is 10.1. The van der Waals surface area contributed by atoms with Crippen molar-refractivity contribution in [3.63, 3.8) is 0 Å². The van der Waals surface area contributed by atoms with E-state index in [0.29, 0.717) is 12.8 Å². The van der Waals surface area contributed by atoms with Crippen molar-refractivity contribution in [2.45, 2.75) is 26.7 Å². The fourth-order valence-corrected chi connectivity index (χ4v) is 3.27. The Hall–Kier alpha value is -3.14. The summed E-state index contributed by atoms with van der Waals surface area (Å²) in [5.41, 5.74) is 6.23. The van der Waals surface area contributed by atoms with Gasteiger partial charge in [0.05, 0.1) is 11.7 Å². The molecule has 4 rings (SSSR count). The van der Waals surface area contributed by atoms with E-state index in [1.165, 1.54) is 10.9 Å². The number of nitrogens with one attached hydrogen (secondary N) is 2. The molecule has 0 radical (unpaired) electrons. The smallest absolute Gasteiger partial charge is 0.224 e. The van der Waals surface area contributed by atoms with E-state index in [1.54, 1.807) is 0 Å². The van der Waals surface area contributed by atoms with Crippen LogP contribution in [0.15, 0.2) is 54.7 Å². The maximum absolute atomic E-state index is 12.3. The topological polar surface area (TPSA) is 57.8 Å². The standard InChI is InChI=1S/C22H21N3O/c1-14-6-5-9-19(15(14)2)25-22(26)11-10-16-12-18-17-7-3-4-8-20(17)24-21(18)13-23-16/h3-9,12-13,24H,10-11H2,1-2H3,(H,25,26). The number of carbonyl (C=O) groups excluding carboxylic acids is 1. The van der Waals surface area contributed by atoms with Gasteiger partial charge >= 0.3 is 0 Å². The molecule has 0 saturated heterocycles. The highest BCUT2D eigenvalue weighted by molar-refractivity contribution is 6.07. The van der Waals surface area contributed by atoms with Crippen molar-refractivity contribution < 1.29 is 4.79 Å². The summed E-state index contributed by atoms with van der Waals surface area (Å²) < 4.78 is 0. The number of rotatable bonds is 4. The maximum Gasteiger partial charge on any atom is 0.224 e. The number of pyridine rings is 1. The first-order chi connectivity index (χ1) is 12.6. The third kappa shape index (κ3) is 3.06. The summed E-state index contributed by atoms with van der Waals surface area (Å²) in [6, 6.07) is 16.3. The van der Waals surface area contributed by atoms with Gasteiger partial charge in [-0.1, -0.05) is 30.3 Å². The second-order valence-electron chi connectivity index (χ2n) is 6.69. The van der Waals surface area contributed by atoms with E-state index >= 15 is 0 Å². The van der Waals surface area contributed by atoms with Crippen LogP contribution in [0, 0.1) is 13.8 Å². The van der Waals surface area contributed by atoms with Crippen LogP contribution in [0.2, 0.25) is 0 Å². The molecule has 26 heavy (non-hydrogen) atoms. The normalized spacial score (nSPS) is 11.2. The first kappa shape index (κ1) is 16.3. The highest BCUT2D eigenvalue weighted by Gasteiger charge is 2.09. The van der Waals surface area contributed by atoms with E-state index in [4.69, 9.17) is 0 Å². The Balaban J connectivity index is 1.49. The van der Waals surface area contributed by atoms with Crippen LogP contribution in [-0.2, 0) is 11.2 Å². The fraction of sp³-hybridized carbons (Fsp3) is 0.182. The predicted molar refractivity (Wildman–Crippen MR) is 106 cm³/mol. The van der Waals surface area contributed by atoms with Gasteiger partial charge in [0.25, 0.3) is 0 Å². The predicted octanol–water partition coefficient (Wildman–Crippen LogP) is 4.90. The molecule has 130 valence electrons. The van der Waals surface area contributed by atoms with Gasteiger partial charge in [-0.3, -0.25) is 9.78 Å². The number of aryl methyl sites for hydroxylation is 2. The van der Waals surface area contributed by atoms with Gasteiger partial charge < -0.3 is 10.3 Å². The van der Waals surface area contributed by atoms with Gasteiger partial charge in [0.1, 0.15) is 0 Å². The molecule has 0 unspecified atom stereocenters. The fourth-order valence-electron chi connectivity index (χ4n) is 3.27. The Morgan fingerprint density at radius 3 is 2.77 bits per heavy atom. The molecule has 0 fully saturated rings. The number of nitrogens with zero attached hydrogens (tertiary/aromatic N) is 1. The molecule has 0 spiro atoms. The van der Waals surface area contributed by atoms with Crippen molar-refractivity contribution in [3.8, 4) is 0 Å². The number of carbonyl (C=O) groups is 1. The molecule has 0 bridgehead atoms. The van der Waals surface area contributed by atoms with E-state index in [9.17, 15) is 4.79 Å². The number of hydrogen-bond acceptors (Lipinski definition) is 2. The second-order valence-corrected chi connectivity index (χ2v) is 6.69. The maximum atomic E-state index is 12.3. The molecule has 0 aliphatic heterocycles. The van der Waals surface area contributed by atoms with Gasteiger partial charge in [-0.25, -0.2) is 0 Å². The highest BCUT2D eigenvalue weighted by Crippen LogP contribution is 2.25. The molecule has 2 aromatic carbocycles. The van der Waals surface area contributed by atoms with Crippen LogP contribution in [-0.4, -0.2) is 15.9 Å². The van der Waals surface area contributed by atoms with E-state index in [0.717, 1.165) is 33.4 Å². The molecule has 0 atom stereocenters. The molecule has 0 aliphatic carbocycles. The third-order valence-electron chi connectivity index (χ3n) is 4.93. The molecular weight excluding hydrogens is 322 g/mol. The number of aromatic amines is 1. The minimum Gasteiger partial charge on any atom is -0.353 e. The molecule has 4 heteroatoms. The van der Waals surface area contributed by atoms with Crippen molar-refractivity contribution in [2.24, 2.45) is 0 Å². The van der Waals surface area contributed by atoms with Gasteiger partial charge in [0.15, 0.2) is 0 Å². The Morgan fingerprint density at radius 1 is 1.04 bits per heavy atom. The second kappa shape index (κ2) is 6.64. The summed E-state index contributed by atoms with van der Waals surface area (Å²) in [5, 5.41) is 5.35. The Bertz CT molecular complexity index is 1110. The first-order valence-electron chi connectivity index (χ1n) is 8.83. The summed E-state index contributed by atoms with van der Waals surface area (Å²) >= 11 is 0. The number of aromatic nitrogens is 2. The van der Waals surface area contributed by atoms with E-state index in [1.807, 2.05) is 50.4 Å². The number of hydrogen-bond donors (Lipinski definition) is 2. The zero-order valence-corrected chi connectivity index (χ0v) is 15.0. The summed E-state index contributed by atoms with van der Waals surface area (Å²) in [5.74, 6) is 0.0134. The lowest BCUT2D eigenvalue weighted by Gasteiger charge is -2.10. The minimum atomic E-state index is 0.0134. The summed E-state index contributed by atoms with van der Waals surface area (Å²) in [6.07, 6.45) is 2.88. The largest absolute Gasteiger partial charge is 0.353 e. The Labute approximate surface area is 152 Å². The van der Waals surface area contributed by atoms with Gasteiger partial charge in [0, 0.05) is 34.1 Å². The van der Waals surface area contributed by atoms with E-state index in [-0.39, 0.29) is 5.91 Å². The lowest BCUT2D eigenvalue weighted by Crippen LogP contribution is -2.13. The molecular formula is C22H21N3O. The zero-order chi connectivity index (χ0) is 18.1. The zero-order valence-electron chi connectivity index (χ0n) is 15.0. The van der Waals surface area contributed by atoms with E-state index in [2.05, 4.69) is 33.5 Å². The number of benzene rings is 2. The number of fused-ring (bicyclic) bond motifs is 3. The molecule has 2 heterocycles. The van der Waals surface area contributed by atoms with Crippen LogP contribution in [0.1, 0.15) is 23.2 Å². The van der Waals surface area contributed by atoms with Crippen molar-refractivity contribution in [1.29, 1.82) is 0 Å². The average molecular weight is 343 g/mol. The number of amides is 1. The van der Waals surface area contributed by atoms with Crippen LogP contribution in [0.5, 0.6) is 0 Å². The number of para-hydroxylation sites is 1. The quantitative estimate of drug-likeness (QED) is 0.553. The highest BCUT2D eigenvalue weighted by atomic mass is 16.1. The minimum absolute atomic E-state index is 0.0134. The number of H-pyrrole nitrogens is 1. The molecule has 4 nitrogen and oxygen atoms in total. The molecule has 0 saturated carbocycles. The van der Waals surface area contributed by atoms with E-state index < -0.39 is 0 Å². The molecule has 2 N–H and O–H groups in total. The summed E-state index contributed by atoms with van der Waals surface area (Å²) in [7, 11) is 0. The Kier molecular flexibility index (Phi) is 4.17. The van der Waals surface area contributed by atoms with Crippen molar-refractivity contribution >= 4 is 33.4 Å². The first-order valence-corrected chi connectivity index (χ1v) is 8.83. The number of anilines is 1. The summed E-state index contributed by atoms with van der Waals surface area (Å²) in [6.45, 7) is 4.07. The third-order valence-corrected chi connectivity index (χ3v) is 4.93. The molecule has 4 aromatic rings. The van der Waals surface area contributed by atoms with Crippen molar-refractivity contribution in [3.05, 3.63) is 71.5 Å². The average Bonchev–Trinajstić information content (AvgIpc) is 3.02. The van der Waals surface area contributed by atoms with Crippen LogP contribution in [0.25, 0.3) is 21.8 Å². The summed E-state index contributed by atoms with van der Waals surface area (Å²) in [4.78, 5) is 20.2.